The Morgan fingerprint density at radius 1 is 1.00 bits per heavy atom. The fourth-order valence-corrected chi connectivity index (χ4v) is 2.45. The summed E-state index contributed by atoms with van der Waals surface area (Å²) in [7, 11) is 0. The summed E-state index contributed by atoms with van der Waals surface area (Å²) in [6.07, 6.45) is 0. The van der Waals surface area contributed by atoms with Crippen LogP contribution in [0.2, 0.25) is 0 Å². The SMILES string of the molecule is O=[N+]([O-])C([C](Br)c1ccccc1)c1ccccc1. The Hall–Kier alpha value is -1.68. The average molecular weight is 305 g/mol. The lowest BCUT2D eigenvalue weighted by atomic mass is 9.99. The molecule has 0 amide bonds. The van der Waals surface area contributed by atoms with Crippen LogP contribution in [0.15, 0.2) is 60.7 Å². The maximum Gasteiger partial charge on any atom is 0.259 e. The molecule has 1 atom stereocenters. The summed E-state index contributed by atoms with van der Waals surface area (Å²) in [6.45, 7) is 0. The fourth-order valence-electron chi connectivity index (χ4n) is 1.75. The van der Waals surface area contributed by atoms with Gasteiger partial charge in [-0.05, 0) is 5.56 Å². The molecule has 91 valence electrons. The summed E-state index contributed by atoms with van der Waals surface area (Å²) in [5, 5.41) is 11.3. The molecule has 18 heavy (non-hydrogen) atoms. The normalized spacial score (nSPS) is 12.3. The Morgan fingerprint density at radius 3 is 2.00 bits per heavy atom. The Bertz CT molecular complexity index is 516. The minimum Gasteiger partial charge on any atom is -0.264 e. The Labute approximate surface area is 114 Å². The molecule has 0 aliphatic heterocycles. The van der Waals surface area contributed by atoms with E-state index in [0.717, 1.165) is 5.56 Å². The maximum absolute atomic E-state index is 11.3. The quantitative estimate of drug-likeness (QED) is 0.633. The number of halogens is 1. The maximum atomic E-state index is 11.3. The summed E-state index contributed by atoms with van der Waals surface area (Å²) in [4.78, 5) is 11.6. The molecular formula is C14H11BrNO2. The van der Waals surface area contributed by atoms with Crippen molar-refractivity contribution >= 4 is 15.9 Å². The Balaban J connectivity index is 2.35. The van der Waals surface area contributed by atoms with Crippen LogP contribution in [0.3, 0.4) is 0 Å². The second-order valence-electron chi connectivity index (χ2n) is 3.81. The van der Waals surface area contributed by atoms with Gasteiger partial charge in [-0.1, -0.05) is 76.6 Å². The van der Waals surface area contributed by atoms with E-state index in [1.165, 1.54) is 0 Å². The molecule has 0 N–H and O–H groups in total. The molecule has 0 aliphatic rings. The highest BCUT2D eigenvalue weighted by molar-refractivity contribution is 9.11. The number of hydrogen-bond donors (Lipinski definition) is 0. The van der Waals surface area contributed by atoms with E-state index in [0.29, 0.717) is 10.4 Å². The van der Waals surface area contributed by atoms with Crippen molar-refractivity contribution in [3.05, 3.63) is 86.7 Å². The van der Waals surface area contributed by atoms with Gasteiger partial charge in [-0.25, -0.2) is 0 Å². The van der Waals surface area contributed by atoms with E-state index in [2.05, 4.69) is 15.9 Å². The van der Waals surface area contributed by atoms with Crippen molar-refractivity contribution in [2.24, 2.45) is 0 Å². The summed E-state index contributed by atoms with van der Waals surface area (Å²) in [6, 6.07) is 17.4. The van der Waals surface area contributed by atoms with Crippen LogP contribution < -0.4 is 0 Å². The van der Waals surface area contributed by atoms with E-state index >= 15 is 0 Å². The van der Waals surface area contributed by atoms with Gasteiger partial charge in [0.15, 0.2) is 0 Å². The zero-order valence-electron chi connectivity index (χ0n) is 9.49. The van der Waals surface area contributed by atoms with Gasteiger partial charge in [0.2, 0.25) is 0 Å². The van der Waals surface area contributed by atoms with Gasteiger partial charge in [0.1, 0.15) is 4.83 Å². The standard InChI is InChI=1S/C14H11BrNO2/c15-13(11-7-3-1-4-8-11)14(16(17)18)12-9-5-2-6-10-12/h1-10,14H. The second kappa shape index (κ2) is 5.78. The first-order valence-corrected chi connectivity index (χ1v) is 6.25. The molecule has 2 aromatic rings. The lowest BCUT2D eigenvalue weighted by molar-refractivity contribution is -0.520. The van der Waals surface area contributed by atoms with Gasteiger partial charge < -0.3 is 0 Å². The molecular weight excluding hydrogens is 294 g/mol. The molecule has 1 unspecified atom stereocenters. The van der Waals surface area contributed by atoms with Gasteiger partial charge in [0.05, 0.1) is 0 Å². The average Bonchev–Trinajstić information content (AvgIpc) is 2.40. The van der Waals surface area contributed by atoms with Crippen LogP contribution in [-0.2, 0) is 0 Å². The first-order valence-electron chi connectivity index (χ1n) is 5.46. The lowest BCUT2D eigenvalue weighted by Gasteiger charge is -2.15. The van der Waals surface area contributed by atoms with Crippen LogP contribution in [0.25, 0.3) is 0 Å². The number of nitro groups is 1. The number of rotatable bonds is 4. The number of nitrogens with zero attached hydrogens (tertiary/aromatic N) is 1. The Morgan fingerprint density at radius 2 is 1.50 bits per heavy atom. The summed E-state index contributed by atoms with van der Waals surface area (Å²) in [5.41, 5.74) is 1.49. The van der Waals surface area contributed by atoms with Crippen molar-refractivity contribution in [1.29, 1.82) is 0 Å². The lowest BCUT2D eigenvalue weighted by Crippen LogP contribution is -2.16. The first-order chi connectivity index (χ1) is 8.70. The van der Waals surface area contributed by atoms with Crippen molar-refractivity contribution in [2.75, 3.05) is 0 Å². The summed E-state index contributed by atoms with van der Waals surface area (Å²) >= 11 is 3.36. The molecule has 0 heterocycles. The third-order valence-electron chi connectivity index (χ3n) is 2.62. The van der Waals surface area contributed by atoms with Gasteiger partial charge in [0.25, 0.3) is 6.04 Å². The largest absolute Gasteiger partial charge is 0.264 e. The molecule has 2 rings (SSSR count). The first kappa shape index (κ1) is 12.8. The topological polar surface area (TPSA) is 43.1 Å². The van der Waals surface area contributed by atoms with Gasteiger partial charge in [-0.3, -0.25) is 10.1 Å². The molecule has 2 aromatic carbocycles. The molecule has 3 nitrogen and oxygen atoms in total. The van der Waals surface area contributed by atoms with Crippen LogP contribution in [0, 0.1) is 14.9 Å². The molecule has 0 bridgehead atoms. The highest BCUT2D eigenvalue weighted by atomic mass is 79.9. The second-order valence-corrected chi connectivity index (χ2v) is 4.67. The van der Waals surface area contributed by atoms with Crippen molar-refractivity contribution in [3.63, 3.8) is 0 Å². The molecule has 1 radical (unpaired) electrons. The third kappa shape index (κ3) is 2.76. The smallest absolute Gasteiger partial charge is 0.259 e. The van der Waals surface area contributed by atoms with Crippen LogP contribution in [-0.4, -0.2) is 4.92 Å². The molecule has 0 aromatic heterocycles. The fraction of sp³-hybridized carbons (Fsp3) is 0.0714. The number of benzene rings is 2. The van der Waals surface area contributed by atoms with Crippen molar-refractivity contribution in [2.45, 2.75) is 6.04 Å². The monoisotopic (exact) mass is 304 g/mol. The molecule has 0 fully saturated rings. The molecule has 0 spiro atoms. The highest BCUT2D eigenvalue weighted by Crippen LogP contribution is 2.37. The predicted molar refractivity (Wildman–Crippen MR) is 73.9 cm³/mol. The third-order valence-corrected chi connectivity index (χ3v) is 3.51. The van der Waals surface area contributed by atoms with Crippen LogP contribution in [0.1, 0.15) is 17.2 Å². The zero-order chi connectivity index (χ0) is 13.0. The van der Waals surface area contributed by atoms with Gasteiger partial charge in [0, 0.05) is 10.5 Å². The van der Waals surface area contributed by atoms with E-state index in [4.69, 9.17) is 0 Å². The van der Waals surface area contributed by atoms with E-state index in [1.807, 2.05) is 36.4 Å². The molecule has 0 aliphatic carbocycles. The summed E-state index contributed by atoms with van der Waals surface area (Å²) < 4.78 is 0. The van der Waals surface area contributed by atoms with E-state index in [-0.39, 0.29) is 4.92 Å². The molecule has 0 saturated carbocycles. The Kier molecular flexibility index (Phi) is 4.10. The van der Waals surface area contributed by atoms with Crippen LogP contribution in [0.4, 0.5) is 0 Å². The van der Waals surface area contributed by atoms with E-state index < -0.39 is 6.04 Å². The highest BCUT2D eigenvalue weighted by Gasteiger charge is 2.33. The molecule has 0 saturated heterocycles. The van der Waals surface area contributed by atoms with Gasteiger partial charge in [-0.2, -0.15) is 0 Å². The van der Waals surface area contributed by atoms with Gasteiger partial charge >= 0.3 is 0 Å². The summed E-state index contributed by atoms with van der Waals surface area (Å²) in [5.74, 6) is 0. The minimum atomic E-state index is -0.867. The number of hydrogen-bond acceptors (Lipinski definition) is 2. The van der Waals surface area contributed by atoms with Gasteiger partial charge in [-0.15, -0.1) is 0 Å². The van der Waals surface area contributed by atoms with Crippen molar-refractivity contribution in [3.8, 4) is 0 Å². The zero-order valence-corrected chi connectivity index (χ0v) is 11.1. The minimum absolute atomic E-state index is 0.285. The van der Waals surface area contributed by atoms with E-state index in [9.17, 15) is 10.1 Å². The van der Waals surface area contributed by atoms with Crippen molar-refractivity contribution < 1.29 is 4.92 Å². The molecule has 4 heteroatoms. The van der Waals surface area contributed by atoms with Crippen LogP contribution >= 0.6 is 15.9 Å². The predicted octanol–water partition coefficient (Wildman–Crippen LogP) is 3.98. The van der Waals surface area contributed by atoms with Crippen molar-refractivity contribution in [1.82, 2.24) is 0 Å². The van der Waals surface area contributed by atoms with Crippen LogP contribution in [0.5, 0.6) is 0 Å². The van der Waals surface area contributed by atoms with E-state index in [1.54, 1.807) is 24.3 Å².